The summed E-state index contributed by atoms with van der Waals surface area (Å²) < 4.78 is 26.0. The Kier molecular flexibility index (Phi) is 5.00. The van der Waals surface area contributed by atoms with E-state index in [1.807, 2.05) is 5.38 Å². The van der Waals surface area contributed by atoms with E-state index >= 15 is 0 Å². The van der Waals surface area contributed by atoms with Crippen molar-refractivity contribution in [1.82, 2.24) is 4.98 Å². The molecule has 0 unspecified atom stereocenters. The van der Waals surface area contributed by atoms with Gasteiger partial charge in [0, 0.05) is 22.7 Å². The fourth-order valence-electron chi connectivity index (χ4n) is 2.19. The number of aryl methyl sites for hydroxylation is 1. The molecule has 0 saturated carbocycles. The van der Waals surface area contributed by atoms with Crippen molar-refractivity contribution >= 4 is 29.0 Å². The van der Waals surface area contributed by atoms with Gasteiger partial charge in [-0.3, -0.25) is 4.79 Å². The van der Waals surface area contributed by atoms with Gasteiger partial charge in [-0.05, 0) is 61.0 Å². The maximum atomic E-state index is 13.1. The Bertz CT molecular complexity index is 933. The first kappa shape index (κ1) is 17.0. The van der Waals surface area contributed by atoms with Gasteiger partial charge in [0.2, 0.25) is 5.91 Å². The lowest BCUT2D eigenvalue weighted by Crippen LogP contribution is -2.09. The van der Waals surface area contributed by atoms with Crippen molar-refractivity contribution in [3.05, 3.63) is 76.8 Å². The molecule has 3 rings (SSSR count). The number of carbonyl (C=O) groups excluding carboxylic acids is 1. The Morgan fingerprint density at radius 2 is 1.84 bits per heavy atom. The van der Waals surface area contributed by atoms with Crippen LogP contribution in [0.1, 0.15) is 11.3 Å². The number of anilines is 1. The van der Waals surface area contributed by atoms with Crippen LogP contribution in [0.2, 0.25) is 0 Å². The van der Waals surface area contributed by atoms with E-state index in [2.05, 4.69) is 10.3 Å². The Morgan fingerprint density at radius 1 is 1.12 bits per heavy atom. The molecule has 3 nitrogen and oxygen atoms in total. The molecule has 126 valence electrons. The van der Waals surface area contributed by atoms with E-state index in [1.54, 1.807) is 25.1 Å². The molecule has 1 heterocycles. The standard InChI is InChI=1S/C19H14F2N2OS/c1-12-10-15(21)6-8-17(12)23-18(24)9-7-16-11-25-19(22-16)13-2-4-14(20)5-3-13/h2-11H,1H3,(H,23,24)/b9-7+. The van der Waals surface area contributed by atoms with Crippen LogP contribution in [0.15, 0.2) is 53.9 Å². The third-order valence-corrected chi connectivity index (χ3v) is 4.37. The van der Waals surface area contributed by atoms with Crippen molar-refractivity contribution in [1.29, 1.82) is 0 Å². The molecule has 0 atom stereocenters. The highest BCUT2D eigenvalue weighted by atomic mass is 32.1. The number of nitrogens with one attached hydrogen (secondary N) is 1. The number of amides is 1. The summed E-state index contributed by atoms with van der Waals surface area (Å²) in [6.45, 7) is 1.72. The predicted octanol–water partition coefficient (Wildman–Crippen LogP) is 5.05. The van der Waals surface area contributed by atoms with Gasteiger partial charge in [0.25, 0.3) is 0 Å². The molecule has 0 aliphatic heterocycles. The lowest BCUT2D eigenvalue weighted by Gasteiger charge is -2.05. The minimum absolute atomic E-state index is 0.298. The van der Waals surface area contributed by atoms with Crippen LogP contribution in [0.5, 0.6) is 0 Å². The molecule has 0 fully saturated rings. The average molecular weight is 356 g/mol. The number of halogens is 2. The first-order chi connectivity index (χ1) is 12.0. The van der Waals surface area contributed by atoms with Gasteiger partial charge in [-0.1, -0.05) is 0 Å². The van der Waals surface area contributed by atoms with Crippen LogP contribution in [-0.4, -0.2) is 10.9 Å². The number of hydrogen-bond donors (Lipinski definition) is 1. The van der Waals surface area contributed by atoms with Gasteiger partial charge in [-0.2, -0.15) is 0 Å². The normalized spacial score (nSPS) is 11.0. The van der Waals surface area contributed by atoms with E-state index in [0.29, 0.717) is 16.9 Å². The minimum Gasteiger partial charge on any atom is -0.322 e. The zero-order chi connectivity index (χ0) is 17.8. The molecule has 0 aliphatic rings. The molecule has 0 spiro atoms. The van der Waals surface area contributed by atoms with E-state index in [9.17, 15) is 13.6 Å². The third-order valence-electron chi connectivity index (χ3n) is 3.46. The Hall–Kier alpha value is -2.86. The second-order valence-electron chi connectivity index (χ2n) is 5.37. The molecular weight excluding hydrogens is 342 g/mol. The fraction of sp³-hybridized carbons (Fsp3) is 0.0526. The maximum Gasteiger partial charge on any atom is 0.248 e. The van der Waals surface area contributed by atoms with Crippen molar-refractivity contribution in [3.8, 4) is 10.6 Å². The number of hydrogen-bond acceptors (Lipinski definition) is 3. The van der Waals surface area contributed by atoms with Crippen molar-refractivity contribution in [2.45, 2.75) is 6.92 Å². The van der Waals surface area contributed by atoms with Gasteiger partial charge in [-0.15, -0.1) is 11.3 Å². The summed E-state index contributed by atoms with van der Waals surface area (Å²) in [7, 11) is 0. The van der Waals surface area contributed by atoms with Crippen molar-refractivity contribution in [2.24, 2.45) is 0 Å². The zero-order valence-electron chi connectivity index (χ0n) is 13.3. The van der Waals surface area contributed by atoms with Crippen LogP contribution in [0.25, 0.3) is 16.6 Å². The number of benzene rings is 2. The molecule has 0 saturated heterocycles. The smallest absolute Gasteiger partial charge is 0.248 e. The van der Waals surface area contributed by atoms with Gasteiger partial charge in [0.05, 0.1) is 5.69 Å². The summed E-state index contributed by atoms with van der Waals surface area (Å²) in [6.07, 6.45) is 2.96. The summed E-state index contributed by atoms with van der Waals surface area (Å²) >= 11 is 1.41. The Balaban J connectivity index is 1.67. The largest absolute Gasteiger partial charge is 0.322 e. The van der Waals surface area contributed by atoms with Gasteiger partial charge < -0.3 is 5.32 Å². The second-order valence-corrected chi connectivity index (χ2v) is 6.22. The highest BCUT2D eigenvalue weighted by Gasteiger charge is 2.05. The van der Waals surface area contributed by atoms with E-state index in [-0.39, 0.29) is 17.5 Å². The summed E-state index contributed by atoms with van der Waals surface area (Å²) in [6, 6.07) is 10.2. The van der Waals surface area contributed by atoms with Crippen LogP contribution in [0.3, 0.4) is 0 Å². The third kappa shape index (κ3) is 4.36. The molecule has 1 N–H and O–H groups in total. The monoisotopic (exact) mass is 356 g/mol. The highest BCUT2D eigenvalue weighted by Crippen LogP contribution is 2.24. The van der Waals surface area contributed by atoms with E-state index in [1.165, 1.54) is 47.7 Å². The Morgan fingerprint density at radius 3 is 2.56 bits per heavy atom. The van der Waals surface area contributed by atoms with Crippen molar-refractivity contribution < 1.29 is 13.6 Å². The lowest BCUT2D eigenvalue weighted by atomic mass is 10.2. The molecule has 2 aromatic carbocycles. The molecule has 0 aliphatic carbocycles. The molecule has 6 heteroatoms. The molecule has 1 amide bonds. The molecule has 3 aromatic rings. The van der Waals surface area contributed by atoms with Crippen LogP contribution >= 0.6 is 11.3 Å². The van der Waals surface area contributed by atoms with Gasteiger partial charge in [-0.25, -0.2) is 13.8 Å². The molecular formula is C19H14F2N2OS. The number of thiazole rings is 1. The van der Waals surface area contributed by atoms with Gasteiger partial charge in [0.15, 0.2) is 0 Å². The van der Waals surface area contributed by atoms with Gasteiger partial charge in [0.1, 0.15) is 16.6 Å². The van der Waals surface area contributed by atoms with Crippen molar-refractivity contribution in [3.63, 3.8) is 0 Å². The zero-order valence-corrected chi connectivity index (χ0v) is 14.1. The fourth-order valence-corrected chi connectivity index (χ4v) is 2.98. The van der Waals surface area contributed by atoms with E-state index in [0.717, 1.165) is 10.6 Å². The topological polar surface area (TPSA) is 42.0 Å². The summed E-state index contributed by atoms with van der Waals surface area (Å²) in [5.74, 6) is -0.971. The predicted molar refractivity (Wildman–Crippen MR) is 96.3 cm³/mol. The molecule has 25 heavy (non-hydrogen) atoms. The average Bonchev–Trinajstić information content (AvgIpc) is 3.05. The SMILES string of the molecule is Cc1cc(F)ccc1NC(=O)/C=C/c1csc(-c2ccc(F)cc2)n1. The summed E-state index contributed by atoms with van der Waals surface area (Å²) in [5, 5.41) is 5.25. The summed E-state index contributed by atoms with van der Waals surface area (Å²) in [5.41, 5.74) is 2.66. The molecule has 0 bridgehead atoms. The number of rotatable bonds is 4. The van der Waals surface area contributed by atoms with Crippen LogP contribution in [0, 0.1) is 18.6 Å². The van der Waals surface area contributed by atoms with E-state index in [4.69, 9.17) is 0 Å². The summed E-state index contributed by atoms with van der Waals surface area (Å²) in [4.78, 5) is 16.4. The minimum atomic E-state index is -0.346. The number of aromatic nitrogens is 1. The molecule has 1 aromatic heterocycles. The van der Waals surface area contributed by atoms with Crippen LogP contribution in [-0.2, 0) is 4.79 Å². The van der Waals surface area contributed by atoms with Crippen LogP contribution in [0.4, 0.5) is 14.5 Å². The first-order valence-electron chi connectivity index (χ1n) is 7.48. The van der Waals surface area contributed by atoms with Gasteiger partial charge >= 0.3 is 0 Å². The second kappa shape index (κ2) is 7.36. The first-order valence-corrected chi connectivity index (χ1v) is 8.36. The Labute approximate surface area is 147 Å². The maximum absolute atomic E-state index is 13.1. The lowest BCUT2D eigenvalue weighted by molar-refractivity contribution is -0.111. The number of carbonyl (C=O) groups is 1. The number of nitrogens with zero attached hydrogens (tertiary/aromatic N) is 1. The molecule has 0 radical (unpaired) electrons. The quantitative estimate of drug-likeness (QED) is 0.665. The van der Waals surface area contributed by atoms with Crippen molar-refractivity contribution in [2.75, 3.05) is 5.32 Å². The highest BCUT2D eigenvalue weighted by molar-refractivity contribution is 7.13. The van der Waals surface area contributed by atoms with E-state index < -0.39 is 0 Å². The van der Waals surface area contributed by atoms with Crippen LogP contribution < -0.4 is 5.32 Å².